The molecule has 1 N–H and O–H groups in total. The lowest BCUT2D eigenvalue weighted by molar-refractivity contribution is -0.125. The van der Waals surface area contributed by atoms with Crippen molar-refractivity contribution in [2.75, 3.05) is 24.5 Å². The normalized spacial score (nSPS) is 14.8. The van der Waals surface area contributed by atoms with E-state index in [1.165, 1.54) is 0 Å². The smallest absolute Gasteiger partial charge is 0.295 e. The summed E-state index contributed by atoms with van der Waals surface area (Å²) in [6.07, 6.45) is 4.12. The van der Waals surface area contributed by atoms with Crippen LogP contribution in [0.15, 0.2) is 53.5 Å². The molecule has 4 rings (SSSR count). The molecule has 0 unspecified atom stereocenters. The molecular formula is C25H31N5O2. The van der Waals surface area contributed by atoms with Crippen molar-refractivity contribution in [3.05, 3.63) is 64.6 Å². The molecule has 0 aliphatic carbocycles. The Bertz CT molecular complexity index is 1120. The molecule has 1 aliphatic heterocycles. The molecule has 7 heteroatoms. The maximum Gasteiger partial charge on any atom is 0.295 e. The molecule has 1 saturated heterocycles. The van der Waals surface area contributed by atoms with E-state index in [1.807, 2.05) is 47.4 Å². The molecule has 0 saturated carbocycles. The summed E-state index contributed by atoms with van der Waals surface area (Å²) in [5, 5.41) is 3.06. The second kappa shape index (κ2) is 9.94. The van der Waals surface area contributed by atoms with Crippen molar-refractivity contribution in [1.29, 1.82) is 0 Å². The summed E-state index contributed by atoms with van der Waals surface area (Å²) in [6, 6.07) is 13.6. The first-order chi connectivity index (χ1) is 15.5. The maximum atomic E-state index is 13.4. The standard InChI is InChI=1S/C25H31N5O2/c1-18(2)10-14-27-24(31)20-11-15-29(16-12-20)23-25(32)30(17-19-7-4-3-5-8-19)22-21(28-23)9-6-13-26-22/h3-9,13,18,20H,10-12,14-17H2,1-2H3,(H,27,31). The van der Waals surface area contributed by atoms with E-state index in [9.17, 15) is 9.59 Å². The highest BCUT2D eigenvalue weighted by Gasteiger charge is 2.27. The van der Waals surface area contributed by atoms with Gasteiger partial charge in [-0.1, -0.05) is 44.2 Å². The van der Waals surface area contributed by atoms with E-state index in [1.54, 1.807) is 10.8 Å². The molecule has 7 nitrogen and oxygen atoms in total. The van der Waals surface area contributed by atoms with Crippen molar-refractivity contribution in [3.8, 4) is 0 Å². The van der Waals surface area contributed by atoms with Gasteiger partial charge in [-0.15, -0.1) is 0 Å². The van der Waals surface area contributed by atoms with Crippen LogP contribution < -0.4 is 15.8 Å². The predicted molar refractivity (Wildman–Crippen MR) is 127 cm³/mol. The molecule has 0 atom stereocenters. The van der Waals surface area contributed by atoms with E-state index in [0.717, 1.165) is 31.4 Å². The number of nitrogens with one attached hydrogen (secondary N) is 1. The summed E-state index contributed by atoms with van der Waals surface area (Å²) >= 11 is 0. The Hall–Kier alpha value is -3.22. The van der Waals surface area contributed by atoms with Gasteiger partial charge in [0.25, 0.3) is 5.56 Å². The highest BCUT2D eigenvalue weighted by atomic mass is 16.2. The molecule has 1 aliphatic rings. The SMILES string of the molecule is CC(C)CCNC(=O)C1CCN(c2nc3cccnc3n(Cc3ccccc3)c2=O)CC1. The van der Waals surface area contributed by atoms with Crippen LogP contribution >= 0.6 is 0 Å². The minimum absolute atomic E-state index is 0.00733. The van der Waals surface area contributed by atoms with Crippen LogP contribution in [0.2, 0.25) is 0 Å². The van der Waals surface area contributed by atoms with Crippen LogP contribution in [0.5, 0.6) is 0 Å². The van der Waals surface area contributed by atoms with Gasteiger partial charge in [-0.25, -0.2) is 9.97 Å². The summed E-state index contributed by atoms with van der Waals surface area (Å²) in [5.41, 5.74) is 2.19. The van der Waals surface area contributed by atoms with Gasteiger partial charge in [0.2, 0.25) is 5.91 Å². The van der Waals surface area contributed by atoms with Crippen molar-refractivity contribution in [2.24, 2.45) is 11.8 Å². The third-order valence-electron chi connectivity index (χ3n) is 6.05. The largest absolute Gasteiger partial charge is 0.356 e. The Morgan fingerprint density at radius 1 is 1.12 bits per heavy atom. The quantitative estimate of drug-likeness (QED) is 0.619. The first kappa shape index (κ1) is 22.0. The van der Waals surface area contributed by atoms with E-state index >= 15 is 0 Å². The van der Waals surface area contributed by atoms with E-state index in [0.29, 0.717) is 42.5 Å². The Morgan fingerprint density at radius 3 is 2.59 bits per heavy atom. The molecule has 0 spiro atoms. The molecular weight excluding hydrogens is 402 g/mol. The van der Waals surface area contributed by atoms with Crippen LogP contribution in [-0.4, -0.2) is 40.1 Å². The van der Waals surface area contributed by atoms with Crippen LogP contribution in [0.4, 0.5) is 5.82 Å². The number of aromatic nitrogens is 3. The number of carbonyl (C=O) groups excluding carboxylic acids is 1. The van der Waals surface area contributed by atoms with Gasteiger partial charge >= 0.3 is 0 Å². The molecule has 1 aromatic carbocycles. The molecule has 0 bridgehead atoms. The highest BCUT2D eigenvalue weighted by Crippen LogP contribution is 2.22. The number of carbonyl (C=O) groups is 1. The molecule has 3 aromatic rings. The molecule has 2 aromatic heterocycles. The summed E-state index contributed by atoms with van der Waals surface area (Å²) in [4.78, 5) is 37.1. The van der Waals surface area contributed by atoms with E-state index in [-0.39, 0.29) is 17.4 Å². The van der Waals surface area contributed by atoms with Crippen LogP contribution in [0, 0.1) is 11.8 Å². The first-order valence-electron chi connectivity index (χ1n) is 11.4. The van der Waals surface area contributed by atoms with Gasteiger partial charge in [0.05, 0.1) is 6.54 Å². The minimum atomic E-state index is -0.139. The molecule has 1 fully saturated rings. The minimum Gasteiger partial charge on any atom is -0.356 e. The number of fused-ring (bicyclic) bond motifs is 1. The fourth-order valence-corrected chi connectivity index (χ4v) is 4.16. The number of hydrogen-bond donors (Lipinski definition) is 1. The lowest BCUT2D eigenvalue weighted by atomic mass is 9.96. The molecule has 3 heterocycles. The molecule has 1 amide bonds. The summed E-state index contributed by atoms with van der Waals surface area (Å²) < 4.78 is 1.71. The van der Waals surface area contributed by atoms with Gasteiger partial charge in [-0.3, -0.25) is 14.2 Å². The van der Waals surface area contributed by atoms with Crippen LogP contribution in [-0.2, 0) is 11.3 Å². The summed E-state index contributed by atoms with van der Waals surface area (Å²) in [5.74, 6) is 1.14. The fraction of sp³-hybridized carbons (Fsp3) is 0.440. The number of amides is 1. The van der Waals surface area contributed by atoms with E-state index in [2.05, 4.69) is 29.1 Å². The lowest BCUT2D eigenvalue weighted by Crippen LogP contribution is -2.43. The average molecular weight is 434 g/mol. The number of nitrogens with zero attached hydrogens (tertiary/aromatic N) is 4. The predicted octanol–water partition coefficient (Wildman–Crippen LogP) is 3.22. The molecule has 168 valence electrons. The number of anilines is 1. The van der Waals surface area contributed by atoms with Gasteiger partial charge in [-0.05, 0) is 42.9 Å². The van der Waals surface area contributed by atoms with Crippen molar-refractivity contribution < 1.29 is 4.79 Å². The second-order valence-corrected chi connectivity index (χ2v) is 8.89. The van der Waals surface area contributed by atoms with Gasteiger partial charge in [-0.2, -0.15) is 0 Å². The van der Waals surface area contributed by atoms with E-state index in [4.69, 9.17) is 0 Å². The van der Waals surface area contributed by atoms with E-state index < -0.39 is 0 Å². The number of pyridine rings is 1. The van der Waals surface area contributed by atoms with Gasteiger partial charge in [0, 0.05) is 31.7 Å². The zero-order valence-electron chi connectivity index (χ0n) is 18.8. The topological polar surface area (TPSA) is 80.1 Å². The number of hydrogen-bond acceptors (Lipinski definition) is 5. The summed E-state index contributed by atoms with van der Waals surface area (Å²) in [7, 11) is 0. The molecule has 0 radical (unpaired) electrons. The number of rotatable bonds is 7. The second-order valence-electron chi connectivity index (χ2n) is 8.89. The van der Waals surface area contributed by atoms with Crippen molar-refractivity contribution in [3.63, 3.8) is 0 Å². The first-order valence-corrected chi connectivity index (χ1v) is 11.4. The van der Waals surface area contributed by atoms with Crippen LogP contribution in [0.1, 0.15) is 38.7 Å². The van der Waals surface area contributed by atoms with Gasteiger partial charge < -0.3 is 10.2 Å². The maximum absolute atomic E-state index is 13.4. The van der Waals surface area contributed by atoms with Crippen LogP contribution in [0.25, 0.3) is 11.2 Å². The zero-order chi connectivity index (χ0) is 22.5. The van der Waals surface area contributed by atoms with Crippen molar-refractivity contribution in [2.45, 2.75) is 39.7 Å². The lowest BCUT2D eigenvalue weighted by Gasteiger charge is -2.32. The fourth-order valence-electron chi connectivity index (χ4n) is 4.16. The summed E-state index contributed by atoms with van der Waals surface area (Å²) in [6.45, 7) is 6.75. The Balaban J connectivity index is 1.53. The van der Waals surface area contributed by atoms with Gasteiger partial charge in [0.1, 0.15) is 5.52 Å². The Labute approximate surface area is 188 Å². The average Bonchev–Trinajstić information content (AvgIpc) is 2.81. The third kappa shape index (κ3) is 4.98. The Kier molecular flexibility index (Phi) is 6.83. The highest BCUT2D eigenvalue weighted by molar-refractivity contribution is 5.79. The van der Waals surface area contributed by atoms with Crippen molar-refractivity contribution >= 4 is 22.9 Å². The van der Waals surface area contributed by atoms with Crippen molar-refractivity contribution in [1.82, 2.24) is 19.9 Å². The number of benzene rings is 1. The zero-order valence-corrected chi connectivity index (χ0v) is 18.8. The molecule has 32 heavy (non-hydrogen) atoms. The number of piperidine rings is 1. The Morgan fingerprint density at radius 2 is 1.88 bits per heavy atom. The monoisotopic (exact) mass is 433 g/mol. The van der Waals surface area contributed by atoms with Crippen LogP contribution in [0.3, 0.4) is 0 Å². The van der Waals surface area contributed by atoms with Gasteiger partial charge in [0.15, 0.2) is 11.5 Å². The third-order valence-corrected chi connectivity index (χ3v) is 6.05.